The van der Waals surface area contributed by atoms with Crippen molar-refractivity contribution in [3.05, 3.63) is 100 Å². The number of ether oxygens (including phenoxy) is 2. The average Bonchev–Trinajstić information content (AvgIpc) is 2.84. The van der Waals surface area contributed by atoms with Crippen LogP contribution in [0.15, 0.2) is 82.7 Å². The molecule has 0 unspecified atom stereocenters. The van der Waals surface area contributed by atoms with Crippen molar-refractivity contribution in [2.45, 2.75) is 13.3 Å². The number of benzene rings is 3. The van der Waals surface area contributed by atoms with Gasteiger partial charge in [-0.1, -0.05) is 37.3 Å². The Kier molecular flexibility index (Phi) is 6.07. The molecule has 7 nitrogen and oxygen atoms in total. The number of hydrogen-bond acceptors (Lipinski definition) is 6. The molecular weight excluding hydrogens is 406 g/mol. The smallest absolute Gasteiger partial charge is 0.343 e. The molecule has 7 heteroatoms. The van der Waals surface area contributed by atoms with E-state index in [0.717, 1.165) is 0 Å². The maximum absolute atomic E-state index is 12.9. The second-order valence-electron chi connectivity index (χ2n) is 6.93. The molecule has 0 bridgehead atoms. The van der Waals surface area contributed by atoms with E-state index in [2.05, 4.69) is 10.1 Å². The summed E-state index contributed by atoms with van der Waals surface area (Å²) < 4.78 is 12.2. The van der Waals surface area contributed by atoms with E-state index in [1.165, 1.54) is 11.8 Å². The van der Waals surface area contributed by atoms with Crippen LogP contribution in [0.25, 0.3) is 10.9 Å². The second kappa shape index (κ2) is 9.26. The summed E-state index contributed by atoms with van der Waals surface area (Å²) in [6, 6.07) is 20.9. The highest BCUT2D eigenvalue weighted by atomic mass is 16.6. The molecular formula is C25H21N3O4. The van der Waals surface area contributed by atoms with Gasteiger partial charge in [-0.15, -0.1) is 0 Å². The first-order valence-corrected chi connectivity index (χ1v) is 10.1. The predicted molar refractivity (Wildman–Crippen MR) is 123 cm³/mol. The standard InChI is InChI=1S/C25H21N3O4/c1-3-23-27-20-12-8-7-11-19(20)24(29)28(23)26-16-17-13-14-21(22(15-17)31-2)32-25(30)18-9-5-4-6-10-18/h4-16H,3H2,1-2H3. The summed E-state index contributed by atoms with van der Waals surface area (Å²) >= 11 is 0. The lowest BCUT2D eigenvalue weighted by atomic mass is 10.2. The molecule has 1 heterocycles. The summed E-state index contributed by atoms with van der Waals surface area (Å²) in [7, 11) is 1.49. The van der Waals surface area contributed by atoms with Gasteiger partial charge >= 0.3 is 5.97 Å². The SMILES string of the molecule is CCc1nc2ccccc2c(=O)n1N=Cc1ccc(OC(=O)c2ccccc2)c(OC)c1. The van der Waals surface area contributed by atoms with Gasteiger partial charge in [0.2, 0.25) is 0 Å². The number of carbonyl (C=O) groups excluding carboxylic acids is 1. The molecule has 4 rings (SSSR count). The van der Waals surface area contributed by atoms with Crippen molar-refractivity contribution in [2.75, 3.05) is 7.11 Å². The van der Waals surface area contributed by atoms with Crippen molar-refractivity contribution in [3.8, 4) is 11.5 Å². The predicted octanol–water partition coefficient (Wildman–Crippen LogP) is 4.07. The molecule has 0 saturated heterocycles. The maximum atomic E-state index is 12.9. The monoisotopic (exact) mass is 427 g/mol. The van der Waals surface area contributed by atoms with Crippen LogP contribution in [0.2, 0.25) is 0 Å². The van der Waals surface area contributed by atoms with E-state index in [0.29, 0.717) is 40.0 Å². The number of esters is 1. The third kappa shape index (κ3) is 4.27. The zero-order valence-corrected chi connectivity index (χ0v) is 17.7. The fourth-order valence-corrected chi connectivity index (χ4v) is 3.22. The van der Waals surface area contributed by atoms with Gasteiger partial charge in [0.05, 0.1) is 29.8 Å². The van der Waals surface area contributed by atoms with Crippen LogP contribution < -0.4 is 15.0 Å². The van der Waals surface area contributed by atoms with E-state index in [4.69, 9.17) is 9.47 Å². The molecule has 4 aromatic rings. The van der Waals surface area contributed by atoms with Crippen LogP contribution in [-0.4, -0.2) is 29.0 Å². The Morgan fingerprint density at radius 2 is 1.78 bits per heavy atom. The molecule has 0 aliphatic rings. The summed E-state index contributed by atoms with van der Waals surface area (Å²) in [6.07, 6.45) is 2.09. The maximum Gasteiger partial charge on any atom is 0.343 e. The second-order valence-corrected chi connectivity index (χ2v) is 6.93. The summed E-state index contributed by atoms with van der Waals surface area (Å²) in [5.41, 5.74) is 1.52. The first kappa shape index (κ1) is 21.0. The minimum Gasteiger partial charge on any atom is -0.493 e. The normalized spacial score (nSPS) is 11.1. The van der Waals surface area contributed by atoms with Crippen LogP contribution in [0.4, 0.5) is 0 Å². The highest BCUT2D eigenvalue weighted by Gasteiger charge is 2.13. The molecule has 0 spiro atoms. The third-order valence-electron chi connectivity index (χ3n) is 4.86. The number of fused-ring (bicyclic) bond motifs is 1. The van der Waals surface area contributed by atoms with Gasteiger partial charge in [0.1, 0.15) is 5.82 Å². The number of carbonyl (C=O) groups is 1. The van der Waals surface area contributed by atoms with Crippen molar-refractivity contribution in [1.82, 2.24) is 9.66 Å². The average molecular weight is 427 g/mol. The number of nitrogens with zero attached hydrogens (tertiary/aromatic N) is 3. The van der Waals surface area contributed by atoms with Crippen molar-refractivity contribution in [1.29, 1.82) is 0 Å². The van der Waals surface area contributed by atoms with E-state index in [1.54, 1.807) is 60.8 Å². The molecule has 1 aromatic heterocycles. The van der Waals surface area contributed by atoms with Crippen molar-refractivity contribution >= 4 is 23.1 Å². The highest BCUT2D eigenvalue weighted by molar-refractivity contribution is 5.91. The van der Waals surface area contributed by atoms with Gasteiger partial charge in [-0.25, -0.2) is 9.78 Å². The Bertz CT molecular complexity index is 1360. The molecule has 0 amide bonds. The summed E-state index contributed by atoms with van der Waals surface area (Å²) in [5.74, 6) is 0.743. The molecule has 160 valence electrons. The van der Waals surface area contributed by atoms with Gasteiger partial charge in [0.25, 0.3) is 5.56 Å². The van der Waals surface area contributed by atoms with E-state index < -0.39 is 5.97 Å². The lowest BCUT2D eigenvalue weighted by molar-refractivity contribution is 0.0729. The molecule has 32 heavy (non-hydrogen) atoms. The van der Waals surface area contributed by atoms with Gasteiger partial charge in [-0.2, -0.15) is 9.78 Å². The Balaban J connectivity index is 1.63. The molecule has 0 atom stereocenters. The summed E-state index contributed by atoms with van der Waals surface area (Å²) in [5, 5.41) is 4.87. The van der Waals surface area contributed by atoms with Gasteiger partial charge in [-0.05, 0) is 48.0 Å². The van der Waals surface area contributed by atoms with Crippen molar-refractivity contribution in [2.24, 2.45) is 5.10 Å². The Hall–Kier alpha value is -4.26. The highest BCUT2D eigenvalue weighted by Crippen LogP contribution is 2.28. The van der Waals surface area contributed by atoms with Gasteiger partial charge in [0.15, 0.2) is 11.5 Å². The zero-order valence-electron chi connectivity index (χ0n) is 17.7. The molecule has 0 radical (unpaired) electrons. The van der Waals surface area contributed by atoms with Crippen LogP contribution in [0.5, 0.6) is 11.5 Å². The first-order chi connectivity index (χ1) is 15.6. The van der Waals surface area contributed by atoms with E-state index in [9.17, 15) is 9.59 Å². The molecule has 0 saturated carbocycles. The molecule has 0 aliphatic carbocycles. The molecule has 0 aliphatic heterocycles. The molecule has 0 fully saturated rings. The van der Waals surface area contributed by atoms with E-state index in [1.807, 2.05) is 25.1 Å². The Morgan fingerprint density at radius 1 is 1.03 bits per heavy atom. The fraction of sp³-hybridized carbons (Fsp3) is 0.120. The molecule has 0 N–H and O–H groups in total. The number of hydrogen-bond donors (Lipinski definition) is 0. The van der Waals surface area contributed by atoms with Gasteiger partial charge in [-0.3, -0.25) is 4.79 Å². The Labute approximate surface area is 184 Å². The zero-order chi connectivity index (χ0) is 22.5. The van der Waals surface area contributed by atoms with E-state index >= 15 is 0 Å². The number of aryl methyl sites for hydroxylation is 1. The van der Waals surface area contributed by atoms with Crippen LogP contribution in [0.3, 0.4) is 0 Å². The number of aromatic nitrogens is 2. The van der Waals surface area contributed by atoms with Crippen molar-refractivity contribution < 1.29 is 14.3 Å². The van der Waals surface area contributed by atoms with Crippen LogP contribution in [0.1, 0.15) is 28.7 Å². The van der Waals surface area contributed by atoms with Crippen LogP contribution in [-0.2, 0) is 6.42 Å². The van der Waals surface area contributed by atoms with Crippen molar-refractivity contribution in [3.63, 3.8) is 0 Å². The number of para-hydroxylation sites is 1. The van der Waals surface area contributed by atoms with E-state index in [-0.39, 0.29) is 11.3 Å². The van der Waals surface area contributed by atoms with Gasteiger partial charge < -0.3 is 9.47 Å². The quantitative estimate of drug-likeness (QED) is 0.263. The summed E-state index contributed by atoms with van der Waals surface area (Å²) in [6.45, 7) is 1.92. The van der Waals surface area contributed by atoms with Crippen LogP contribution >= 0.6 is 0 Å². The third-order valence-corrected chi connectivity index (χ3v) is 4.86. The lowest BCUT2D eigenvalue weighted by Gasteiger charge is -2.10. The molecule has 3 aromatic carbocycles. The first-order valence-electron chi connectivity index (χ1n) is 10.1. The van der Waals surface area contributed by atoms with Gasteiger partial charge in [0, 0.05) is 6.42 Å². The lowest BCUT2D eigenvalue weighted by Crippen LogP contribution is -2.22. The fourth-order valence-electron chi connectivity index (χ4n) is 3.22. The largest absolute Gasteiger partial charge is 0.493 e. The number of methoxy groups -OCH3 is 1. The Morgan fingerprint density at radius 3 is 2.53 bits per heavy atom. The van der Waals surface area contributed by atoms with Crippen LogP contribution in [0, 0.1) is 0 Å². The minimum absolute atomic E-state index is 0.232. The summed E-state index contributed by atoms with van der Waals surface area (Å²) in [4.78, 5) is 29.8. The number of rotatable bonds is 6. The topological polar surface area (TPSA) is 82.8 Å². The minimum atomic E-state index is -0.480.